The molecule has 0 bridgehead atoms. The Labute approximate surface area is 373 Å². The normalized spacial score (nSPS) is 20.6. The van der Waals surface area contributed by atoms with Crippen molar-refractivity contribution in [2.24, 2.45) is 0 Å². The zero-order chi connectivity index (χ0) is 45.5. The summed E-state index contributed by atoms with van der Waals surface area (Å²) in [6.07, 6.45) is 40.5. The molecule has 1 aliphatic heterocycles. The Kier molecular flexibility index (Phi) is 35.1. The van der Waals surface area contributed by atoms with E-state index in [1.54, 1.807) is 0 Å². The third-order valence-corrected chi connectivity index (χ3v) is 10.7. The molecule has 12 nitrogen and oxygen atoms in total. The summed E-state index contributed by atoms with van der Waals surface area (Å²) in [7, 11) is -4.61. The van der Waals surface area contributed by atoms with Crippen LogP contribution in [0.2, 0.25) is 0 Å². The number of allylic oxidation sites excluding steroid dienone is 14. The van der Waals surface area contributed by atoms with E-state index in [2.05, 4.69) is 98.9 Å². The maximum absolute atomic E-state index is 12.8. The topological polar surface area (TPSA) is 186 Å². The second-order valence-corrected chi connectivity index (χ2v) is 17.2. The molecule has 0 aliphatic carbocycles. The van der Waals surface area contributed by atoms with Crippen LogP contribution < -0.4 is 0 Å². The van der Waals surface area contributed by atoms with Crippen LogP contribution in [0.3, 0.4) is 0 Å². The van der Waals surface area contributed by atoms with Crippen molar-refractivity contribution in [2.75, 3.05) is 19.0 Å². The molecule has 0 radical (unpaired) electrons. The minimum atomic E-state index is -4.61. The first-order valence-corrected chi connectivity index (χ1v) is 24.8. The predicted molar refractivity (Wildman–Crippen MR) is 247 cm³/mol. The Hall–Kier alpha value is -3.17. The van der Waals surface area contributed by atoms with Crippen LogP contribution in [0.4, 0.5) is 0 Å². The van der Waals surface area contributed by atoms with Gasteiger partial charge in [0, 0.05) is 12.8 Å². The van der Waals surface area contributed by atoms with Gasteiger partial charge >= 0.3 is 11.9 Å². The Bertz CT molecular complexity index is 1460. The standard InChI is InChI=1S/C49H80O12S/c1-3-5-7-9-11-13-15-17-19-21-23-25-27-29-31-33-35-37-44(50)58-39-42(40-59-49-48(54)47(53)46(52)43(61-49)41-62(55,56)57)60-45(51)38-36-34-32-30-28-26-24-22-20-18-16-14-12-10-8-6-4-2/h7,9,12-15,18-21,24-27,42-43,46-49,52-54H,3-6,8,10-11,16-17,22-23,28-41H2,1-2H3,(H,55,56,57)/b9-7+,14-12+,15-13+,20-18+,21-19+,26-24+,27-25+/t42-,43-,46-,47?,48?,49+/m1/s1. The van der Waals surface area contributed by atoms with Crippen LogP contribution in [-0.2, 0) is 38.7 Å². The Morgan fingerprint density at radius 3 is 1.50 bits per heavy atom. The largest absolute Gasteiger partial charge is 0.462 e. The predicted octanol–water partition coefficient (Wildman–Crippen LogP) is 9.67. The van der Waals surface area contributed by atoms with Crippen LogP contribution in [0.5, 0.6) is 0 Å². The lowest BCUT2D eigenvalue weighted by Gasteiger charge is -2.40. The lowest BCUT2D eigenvalue weighted by Crippen LogP contribution is -2.60. The third kappa shape index (κ3) is 32.5. The number of carbonyl (C=O) groups excluding carboxylic acids is 2. The van der Waals surface area contributed by atoms with Gasteiger partial charge in [0.25, 0.3) is 10.1 Å². The molecule has 2 unspecified atom stereocenters. The molecule has 1 aliphatic rings. The van der Waals surface area contributed by atoms with Crippen molar-refractivity contribution in [1.82, 2.24) is 0 Å². The van der Waals surface area contributed by atoms with Gasteiger partial charge < -0.3 is 34.3 Å². The van der Waals surface area contributed by atoms with E-state index in [-0.39, 0.29) is 19.4 Å². The van der Waals surface area contributed by atoms with Crippen LogP contribution in [0.25, 0.3) is 0 Å². The summed E-state index contributed by atoms with van der Waals surface area (Å²) < 4.78 is 54.0. The number of rotatable bonds is 37. The molecule has 0 aromatic rings. The maximum Gasteiger partial charge on any atom is 0.306 e. The first kappa shape index (κ1) is 56.8. The molecule has 1 saturated heterocycles. The second-order valence-electron chi connectivity index (χ2n) is 15.7. The van der Waals surface area contributed by atoms with Crippen LogP contribution in [0.1, 0.15) is 155 Å². The van der Waals surface area contributed by atoms with Gasteiger partial charge in [0.2, 0.25) is 0 Å². The highest BCUT2D eigenvalue weighted by Gasteiger charge is 2.46. The molecule has 0 aromatic heterocycles. The van der Waals surface area contributed by atoms with Crippen molar-refractivity contribution in [3.63, 3.8) is 0 Å². The fourth-order valence-corrected chi connectivity index (χ4v) is 7.01. The molecular formula is C49H80O12S. The molecule has 0 amide bonds. The maximum atomic E-state index is 12.8. The quantitative estimate of drug-likeness (QED) is 0.0201. The van der Waals surface area contributed by atoms with Gasteiger partial charge in [0.15, 0.2) is 12.4 Å². The Morgan fingerprint density at radius 2 is 1.00 bits per heavy atom. The molecule has 1 heterocycles. The van der Waals surface area contributed by atoms with Crippen LogP contribution in [0.15, 0.2) is 85.1 Å². The lowest BCUT2D eigenvalue weighted by atomic mass is 10.00. The van der Waals surface area contributed by atoms with E-state index in [9.17, 15) is 37.9 Å². The Balaban J connectivity index is 2.49. The summed E-state index contributed by atoms with van der Waals surface area (Å²) in [5, 5.41) is 30.9. The van der Waals surface area contributed by atoms with E-state index in [0.717, 1.165) is 89.9 Å². The molecule has 0 aromatic carbocycles. The van der Waals surface area contributed by atoms with Crippen LogP contribution in [0, 0.1) is 0 Å². The first-order valence-electron chi connectivity index (χ1n) is 23.1. The van der Waals surface area contributed by atoms with E-state index in [1.807, 2.05) is 0 Å². The molecule has 0 spiro atoms. The second kappa shape index (κ2) is 38.3. The van der Waals surface area contributed by atoms with E-state index in [1.165, 1.54) is 25.7 Å². The summed E-state index contributed by atoms with van der Waals surface area (Å²) in [4.78, 5) is 25.4. The smallest absolute Gasteiger partial charge is 0.306 e. The summed E-state index contributed by atoms with van der Waals surface area (Å²) in [6, 6.07) is 0. The number of hydrogen-bond acceptors (Lipinski definition) is 11. The van der Waals surface area contributed by atoms with Crippen LogP contribution in [-0.4, -0.2) is 96.0 Å². The number of esters is 2. The average molecular weight is 893 g/mol. The van der Waals surface area contributed by atoms with Gasteiger partial charge in [-0.1, -0.05) is 137 Å². The van der Waals surface area contributed by atoms with E-state index < -0.39 is 71.2 Å². The molecule has 1 fully saturated rings. The van der Waals surface area contributed by atoms with E-state index >= 15 is 0 Å². The van der Waals surface area contributed by atoms with E-state index in [0.29, 0.717) is 12.8 Å². The van der Waals surface area contributed by atoms with Gasteiger partial charge in [-0.2, -0.15) is 8.42 Å². The highest BCUT2D eigenvalue weighted by molar-refractivity contribution is 7.85. The summed E-state index contributed by atoms with van der Waals surface area (Å²) in [6.45, 7) is 3.61. The van der Waals surface area contributed by atoms with E-state index in [4.69, 9.17) is 18.9 Å². The van der Waals surface area contributed by atoms with Gasteiger partial charge in [0.05, 0.1) is 6.61 Å². The molecule has 354 valence electrons. The molecule has 4 N–H and O–H groups in total. The van der Waals surface area contributed by atoms with Gasteiger partial charge in [0.1, 0.15) is 36.8 Å². The summed E-state index contributed by atoms with van der Waals surface area (Å²) in [5.74, 6) is -2.07. The van der Waals surface area contributed by atoms with Crippen molar-refractivity contribution in [3.8, 4) is 0 Å². The van der Waals surface area contributed by atoms with Crippen molar-refractivity contribution in [2.45, 2.75) is 192 Å². The monoisotopic (exact) mass is 893 g/mol. The fourth-order valence-electron chi connectivity index (χ4n) is 6.32. The highest BCUT2D eigenvalue weighted by Crippen LogP contribution is 2.24. The number of aliphatic hydroxyl groups is 3. The molecule has 1 rings (SSSR count). The molecular weight excluding hydrogens is 813 g/mol. The lowest BCUT2D eigenvalue weighted by molar-refractivity contribution is -0.297. The zero-order valence-electron chi connectivity index (χ0n) is 37.7. The molecule has 0 saturated carbocycles. The summed E-state index contributed by atoms with van der Waals surface area (Å²) >= 11 is 0. The number of hydrogen-bond donors (Lipinski definition) is 4. The molecule has 62 heavy (non-hydrogen) atoms. The minimum absolute atomic E-state index is 0.126. The summed E-state index contributed by atoms with van der Waals surface area (Å²) in [5.41, 5.74) is 0. The SMILES string of the molecule is CCC/C=C/C/C=C/C/C=C/C/C=C/CCCCCC(=O)OC[C@H](CO[C@H]1O[C@H](CS(=O)(=O)O)[C@@H](O)C(O)C1O)OC(=O)CCCCCC/C=C/C/C=C/C/C=C/CCCCC. The Morgan fingerprint density at radius 1 is 0.548 bits per heavy atom. The van der Waals surface area contributed by atoms with Gasteiger partial charge in [-0.3, -0.25) is 14.1 Å². The first-order chi connectivity index (χ1) is 30.0. The number of carbonyl (C=O) groups is 2. The van der Waals surface area contributed by atoms with Crippen molar-refractivity contribution >= 4 is 22.1 Å². The highest BCUT2D eigenvalue weighted by atomic mass is 32.2. The number of ether oxygens (including phenoxy) is 4. The van der Waals surface area contributed by atoms with Gasteiger partial charge in [-0.05, 0) is 89.9 Å². The van der Waals surface area contributed by atoms with Crippen LogP contribution >= 0.6 is 0 Å². The molecule has 6 atom stereocenters. The molecule has 13 heteroatoms. The average Bonchev–Trinajstić information content (AvgIpc) is 3.24. The van der Waals surface area contributed by atoms with Gasteiger partial charge in [-0.25, -0.2) is 0 Å². The fraction of sp³-hybridized carbons (Fsp3) is 0.673. The number of unbranched alkanes of at least 4 members (excludes halogenated alkanes) is 11. The van der Waals surface area contributed by atoms with Gasteiger partial charge in [-0.15, -0.1) is 0 Å². The third-order valence-electron chi connectivity index (χ3n) is 9.93. The number of aliphatic hydroxyl groups excluding tert-OH is 3. The van der Waals surface area contributed by atoms with Crippen molar-refractivity contribution in [3.05, 3.63) is 85.1 Å². The van der Waals surface area contributed by atoms with Crippen molar-refractivity contribution < 1.29 is 56.8 Å². The van der Waals surface area contributed by atoms with Crippen molar-refractivity contribution in [1.29, 1.82) is 0 Å². The minimum Gasteiger partial charge on any atom is -0.462 e. The zero-order valence-corrected chi connectivity index (χ0v) is 38.5.